The Labute approximate surface area is 125 Å². The zero-order chi connectivity index (χ0) is 14.2. The maximum Gasteiger partial charge on any atom is 0.0309 e. The lowest BCUT2D eigenvalue weighted by Gasteiger charge is -2.49. The van der Waals surface area contributed by atoms with E-state index in [-0.39, 0.29) is 0 Å². The van der Waals surface area contributed by atoms with Crippen LogP contribution in [0.4, 0.5) is 0 Å². The average Bonchev–Trinajstić information content (AvgIpc) is 3.24. The summed E-state index contributed by atoms with van der Waals surface area (Å²) in [4.78, 5) is 2.84. The zero-order valence-electron chi connectivity index (χ0n) is 13.6. The third kappa shape index (κ3) is 3.12. The van der Waals surface area contributed by atoms with Crippen LogP contribution >= 0.6 is 0 Å². The lowest BCUT2D eigenvalue weighted by molar-refractivity contribution is 0.0389. The van der Waals surface area contributed by atoms with Crippen molar-refractivity contribution in [2.24, 2.45) is 17.8 Å². The van der Waals surface area contributed by atoms with Crippen molar-refractivity contribution in [2.45, 2.75) is 64.5 Å². The second-order valence-electron chi connectivity index (χ2n) is 7.96. The molecule has 1 saturated heterocycles. The molecule has 2 heteroatoms. The Kier molecular flexibility index (Phi) is 4.24. The molecule has 2 aliphatic carbocycles. The van der Waals surface area contributed by atoms with Crippen LogP contribution in [0, 0.1) is 17.8 Å². The fourth-order valence-electron chi connectivity index (χ4n) is 4.27. The molecule has 1 saturated carbocycles. The van der Waals surface area contributed by atoms with Crippen molar-refractivity contribution in [3.8, 4) is 0 Å². The molecule has 0 aromatic carbocycles. The number of nitrogens with zero attached hydrogens (tertiary/aromatic N) is 1. The number of piperazine rings is 1. The van der Waals surface area contributed by atoms with Crippen LogP contribution in [0.2, 0.25) is 0 Å². The van der Waals surface area contributed by atoms with E-state index in [9.17, 15) is 0 Å². The van der Waals surface area contributed by atoms with Crippen molar-refractivity contribution < 1.29 is 0 Å². The molecule has 1 heterocycles. The Morgan fingerprint density at radius 3 is 2.65 bits per heavy atom. The SMILES string of the molecule is CC(C)C1CNC(C)(C2CC2)CN1CC1CC=CCC1. The Bertz CT molecular complexity index is 358. The zero-order valence-corrected chi connectivity index (χ0v) is 13.6. The molecular weight excluding hydrogens is 244 g/mol. The summed E-state index contributed by atoms with van der Waals surface area (Å²) in [5.74, 6) is 2.58. The van der Waals surface area contributed by atoms with Gasteiger partial charge in [-0.05, 0) is 56.8 Å². The molecule has 2 nitrogen and oxygen atoms in total. The summed E-state index contributed by atoms with van der Waals surface area (Å²) in [6.45, 7) is 11.0. The van der Waals surface area contributed by atoms with Gasteiger partial charge in [-0.1, -0.05) is 26.0 Å². The Morgan fingerprint density at radius 1 is 1.25 bits per heavy atom. The quantitative estimate of drug-likeness (QED) is 0.791. The molecule has 0 amide bonds. The van der Waals surface area contributed by atoms with E-state index in [0.717, 1.165) is 23.8 Å². The molecule has 0 radical (unpaired) electrons. The van der Waals surface area contributed by atoms with Crippen molar-refractivity contribution in [1.29, 1.82) is 0 Å². The topological polar surface area (TPSA) is 15.3 Å². The van der Waals surface area contributed by atoms with E-state index >= 15 is 0 Å². The highest BCUT2D eigenvalue weighted by Crippen LogP contribution is 2.42. The number of nitrogens with one attached hydrogen (secondary N) is 1. The van der Waals surface area contributed by atoms with Gasteiger partial charge in [0, 0.05) is 31.2 Å². The van der Waals surface area contributed by atoms with E-state index in [4.69, 9.17) is 0 Å². The standard InChI is InChI=1S/C18H32N2/c1-14(2)17-11-19-18(3,16-9-10-16)13-20(17)12-15-7-5-4-6-8-15/h4-5,14-17,19H,6-13H2,1-3H3. The minimum absolute atomic E-state index is 0.385. The van der Waals surface area contributed by atoms with Crippen molar-refractivity contribution in [2.75, 3.05) is 19.6 Å². The van der Waals surface area contributed by atoms with Crippen LogP contribution in [0.25, 0.3) is 0 Å². The lowest BCUT2D eigenvalue weighted by Crippen LogP contribution is -2.65. The minimum Gasteiger partial charge on any atom is -0.308 e. The molecule has 0 spiro atoms. The highest BCUT2D eigenvalue weighted by atomic mass is 15.3. The number of rotatable bonds is 4. The Morgan fingerprint density at radius 2 is 2.05 bits per heavy atom. The van der Waals surface area contributed by atoms with Crippen molar-refractivity contribution >= 4 is 0 Å². The molecule has 2 fully saturated rings. The third-order valence-corrected chi connectivity index (χ3v) is 5.83. The van der Waals surface area contributed by atoms with Crippen molar-refractivity contribution in [3.63, 3.8) is 0 Å². The maximum absolute atomic E-state index is 3.90. The monoisotopic (exact) mass is 276 g/mol. The summed E-state index contributed by atoms with van der Waals surface area (Å²) in [6, 6.07) is 0.729. The first-order chi connectivity index (χ1) is 9.58. The van der Waals surface area contributed by atoms with Crippen LogP contribution < -0.4 is 5.32 Å². The van der Waals surface area contributed by atoms with E-state index in [0.29, 0.717) is 5.54 Å². The van der Waals surface area contributed by atoms with Gasteiger partial charge >= 0.3 is 0 Å². The van der Waals surface area contributed by atoms with Crippen LogP contribution in [0.1, 0.15) is 52.9 Å². The van der Waals surface area contributed by atoms with Gasteiger partial charge in [-0.2, -0.15) is 0 Å². The fourth-order valence-corrected chi connectivity index (χ4v) is 4.27. The largest absolute Gasteiger partial charge is 0.308 e. The third-order valence-electron chi connectivity index (χ3n) is 5.83. The summed E-state index contributed by atoms with van der Waals surface area (Å²) in [5, 5.41) is 3.90. The summed E-state index contributed by atoms with van der Waals surface area (Å²) < 4.78 is 0. The smallest absolute Gasteiger partial charge is 0.0309 e. The first-order valence-electron chi connectivity index (χ1n) is 8.72. The van der Waals surface area contributed by atoms with E-state index in [1.165, 1.54) is 51.7 Å². The van der Waals surface area contributed by atoms with E-state index < -0.39 is 0 Å². The molecule has 1 aliphatic heterocycles. The van der Waals surface area contributed by atoms with Gasteiger partial charge in [-0.3, -0.25) is 4.90 Å². The molecule has 1 N–H and O–H groups in total. The number of hydrogen-bond acceptors (Lipinski definition) is 2. The molecular formula is C18H32N2. The van der Waals surface area contributed by atoms with E-state index in [2.05, 4.69) is 43.1 Å². The van der Waals surface area contributed by atoms with Gasteiger partial charge in [0.2, 0.25) is 0 Å². The minimum atomic E-state index is 0.385. The Balaban J connectivity index is 1.66. The van der Waals surface area contributed by atoms with E-state index in [1.54, 1.807) is 0 Å². The molecule has 3 atom stereocenters. The van der Waals surface area contributed by atoms with Gasteiger partial charge in [0.05, 0.1) is 0 Å². The van der Waals surface area contributed by atoms with Gasteiger partial charge < -0.3 is 5.32 Å². The highest BCUT2D eigenvalue weighted by Gasteiger charge is 2.46. The number of hydrogen-bond donors (Lipinski definition) is 1. The van der Waals surface area contributed by atoms with Gasteiger partial charge in [0.15, 0.2) is 0 Å². The molecule has 0 bridgehead atoms. The predicted octanol–water partition coefficient (Wildman–Crippen LogP) is 3.44. The van der Waals surface area contributed by atoms with Crippen molar-refractivity contribution in [3.05, 3.63) is 12.2 Å². The summed E-state index contributed by atoms with van der Waals surface area (Å²) in [7, 11) is 0. The summed E-state index contributed by atoms with van der Waals surface area (Å²) in [5.41, 5.74) is 0.385. The van der Waals surface area contributed by atoms with Crippen molar-refractivity contribution in [1.82, 2.24) is 10.2 Å². The molecule has 114 valence electrons. The van der Waals surface area contributed by atoms with Crippen LogP contribution in [0.3, 0.4) is 0 Å². The van der Waals surface area contributed by atoms with E-state index in [1.807, 2.05) is 0 Å². The number of allylic oxidation sites excluding steroid dienone is 2. The molecule has 20 heavy (non-hydrogen) atoms. The predicted molar refractivity (Wildman–Crippen MR) is 85.8 cm³/mol. The maximum atomic E-state index is 3.90. The molecule has 0 aromatic heterocycles. The van der Waals surface area contributed by atoms with Gasteiger partial charge in [-0.25, -0.2) is 0 Å². The van der Waals surface area contributed by atoms with Crippen LogP contribution in [-0.4, -0.2) is 36.1 Å². The molecule has 3 aliphatic rings. The lowest BCUT2D eigenvalue weighted by atomic mass is 9.86. The average molecular weight is 276 g/mol. The fraction of sp³-hybridized carbons (Fsp3) is 0.889. The summed E-state index contributed by atoms with van der Waals surface area (Å²) >= 11 is 0. The second-order valence-corrected chi connectivity index (χ2v) is 7.96. The van der Waals surface area contributed by atoms with Crippen LogP contribution in [-0.2, 0) is 0 Å². The van der Waals surface area contributed by atoms with Gasteiger partial charge in [0.1, 0.15) is 0 Å². The summed E-state index contributed by atoms with van der Waals surface area (Å²) in [6.07, 6.45) is 11.6. The molecule has 3 unspecified atom stereocenters. The normalized spacial score (nSPS) is 39.4. The second kappa shape index (κ2) is 5.81. The molecule has 3 rings (SSSR count). The first kappa shape index (κ1) is 14.6. The highest BCUT2D eigenvalue weighted by molar-refractivity contribution is 5.05. The van der Waals surface area contributed by atoms with Crippen LogP contribution in [0.5, 0.6) is 0 Å². The Hall–Kier alpha value is -0.340. The molecule has 0 aromatic rings. The first-order valence-corrected chi connectivity index (χ1v) is 8.72. The van der Waals surface area contributed by atoms with Crippen LogP contribution in [0.15, 0.2) is 12.2 Å². The van der Waals surface area contributed by atoms with Gasteiger partial charge in [-0.15, -0.1) is 0 Å². The van der Waals surface area contributed by atoms with Gasteiger partial charge in [0.25, 0.3) is 0 Å².